The first-order valence-corrected chi connectivity index (χ1v) is 6.25. The molecule has 0 fully saturated rings. The minimum absolute atomic E-state index is 0.144. The Morgan fingerprint density at radius 3 is 2.33 bits per heavy atom. The quantitative estimate of drug-likeness (QED) is 0.879. The molecule has 1 nitrogen and oxygen atoms in total. The van der Waals surface area contributed by atoms with Gasteiger partial charge in [-0.15, -0.1) is 0 Å². The molecule has 1 heterocycles. The van der Waals surface area contributed by atoms with E-state index < -0.39 is 11.8 Å². The van der Waals surface area contributed by atoms with Gasteiger partial charge in [-0.3, -0.25) is 0 Å². The molecular formula is C12H8ClF3OS. The lowest BCUT2D eigenvalue weighted by Gasteiger charge is -2.30. The van der Waals surface area contributed by atoms with E-state index in [-0.39, 0.29) is 16.1 Å². The van der Waals surface area contributed by atoms with Gasteiger partial charge in [0.25, 0.3) is 0 Å². The highest BCUT2D eigenvalue weighted by atomic mass is 35.5. The zero-order valence-electron chi connectivity index (χ0n) is 8.91. The van der Waals surface area contributed by atoms with Crippen LogP contribution in [0.4, 0.5) is 13.2 Å². The number of aliphatic hydroxyl groups is 1. The smallest absolute Gasteiger partial charge is 0.372 e. The first kappa shape index (κ1) is 13.4. The van der Waals surface area contributed by atoms with Crippen LogP contribution >= 0.6 is 22.9 Å². The standard InChI is InChI=1S/C12H8ClF3OS/c13-10-3-1-2-8(6-10)11(17,12(14,15)16)9-4-5-18-7-9/h1-7,17H. The van der Waals surface area contributed by atoms with Crippen molar-refractivity contribution in [3.8, 4) is 0 Å². The molecule has 1 atom stereocenters. The second-order valence-corrected chi connectivity index (χ2v) is 4.95. The Kier molecular flexibility index (Phi) is 3.40. The molecule has 0 radical (unpaired) electrons. The van der Waals surface area contributed by atoms with Crippen LogP contribution in [0, 0.1) is 0 Å². The maximum atomic E-state index is 13.2. The van der Waals surface area contributed by atoms with Gasteiger partial charge < -0.3 is 5.11 Å². The molecule has 1 N–H and O–H groups in total. The number of alkyl halides is 3. The number of hydrogen-bond acceptors (Lipinski definition) is 2. The van der Waals surface area contributed by atoms with Gasteiger partial charge in [0.15, 0.2) is 0 Å². The van der Waals surface area contributed by atoms with Crippen molar-refractivity contribution in [3.63, 3.8) is 0 Å². The van der Waals surface area contributed by atoms with E-state index in [1.54, 1.807) is 0 Å². The topological polar surface area (TPSA) is 20.2 Å². The molecule has 1 unspecified atom stereocenters. The Balaban J connectivity index is 2.64. The average molecular weight is 293 g/mol. The van der Waals surface area contributed by atoms with E-state index in [9.17, 15) is 18.3 Å². The number of thiophene rings is 1. The average Bonchev–Trinajstić information content (AvgIpc) is 2.80. The predicted octanol–water partition coefficient (Wildman–Crippen LogP) is 4.20. The van der Waals surface area contributed by atoms with E-state index in [0.717, 1.165) is 17.4 Å². The zero-order valence-corrected chi connectivity index (χ0v) is 10.5. The third-order valence-corrected chi connectivity index (χ3v) is 3.51. The summed E-state index contributed by atoms with van der Waals surface area (Å²) in [6.45, 7) is 0. The van der Waals surface area contributed by atoms with Crippen LogP contribution in [0.25, 0.3) is 0 Å². The molecule has 6 heteroatoms. The molecule has 2 aromatic rings. The summed E-state index contributed by atoms with van der Waals surface area (Å²) in [5.41, 5.74) is -3.53. The van der Waals surface area contributed by atoms with Gasteiger partial charge in [-0.25, -0.2) is 0 Å². The monoisotopic (exact) mass is 292 g/mol. The van der Waals surface area contributed by atoms with Crippen LogP contribution in [0.2, 0.25) is 5.02 Å². The van der Waals surface area contributed by atoms with Gasteiger partial charge >= 0.3 is 6.18 Å². The summed E-state index contributed by atoms with van der Waals surface area (Å²) in [5, 5.41) is 13.0. The van der Waals surface area contributed by atoms with Gasteiger partial charge in [0.05, 0.1) is 0 Å². The van der Waals surface area contributed by atoms with Crippen LogP contribution in [0.15, 0.2) is 41.1 Å². The molecule has 0 saturated heterocycles. The zero-order chi connectivity index (χ0) is 13.4. The molecular weight excluding hydrogens is 285 g/mol. The highest BCUT2D eigenvalue weighted by Gasteiger charge is 2.56. The molecule has 2 rings (SSSR count). The normalized spacial score (nSPS) is 15.4. The lowest BCUT2D eigenvalue weighted by atomic mass is 9.87. The van der Waals surface area contributed by atoms with E-state index in [1.165, 1.54) is 35.0 Å². The molecule has 1 aromatic carbocycles. The summed E-state index contributed by atoms with van der Waals surface area (Å²) in [6.07, 6.45) is -4.82. The molecule has 0 bridgehead atoms. The molecule has 18 heavy (non-hydrogen) atoms. The van der Waals surface area contributed by atoms with Crippen LogP contribution < -0.4 is 0 Å². The van der Waals surface area contributed by atoms with Gasteiger partial charge in [0, 0.05) is 10.6 Å². The predicted molar refractivity (Wildman–Crippen MR) is 64.8 cm³/mol. The van der Waals surface area contributed by atoms with Crippen LogP contribution in [0.1, 0.15) is 11.1 Å². The minimum Gasteiger partial charge on any atom is -0.372 e. The molecule has 0 spiro atoms. The fourth-order valence-corrected chi connectivity index (χ4v) is 2.57. The Morgan fingerprint density at radius 1 is 1.11 bits per heavy atom. The second-order valence-electron chi connectivity index (χ2n) is 3.73. The summed E-state index contributed by atoms with van der Waals surface area (Å²) in [5.74, 6) is 0. The van der Waals surface area contributed by atoms with Crippen molar-refractivity contribution >= 4 is 22.9 Å². The maximum absolute atomic E-state index is 13.2. The lowest BCUT2D eigenvalue weighted by Crippen LogP contribution is -2.43. The van der Waals surface area contributed by atoms with Crippen LogP contribution in [-0.2, 0) is 5.60 Å². The molecule has 0 saturated carbocycles. The fourth-order valence-electron chi connectivity index (χ4n) is 1.68. The SMILES string of the molecule is OC(c1ccsc1)(c1cccc(Cl)c1)C(F)(F)F. The van der Waals surface area contributed by atoms with E-state index in [4.69, 9.17) is 11.6 Å². The van der Waals surface area contributed by atoms with Gasteiger partial charge in [0.2, 0.25) is 5.60 Å². The lowest BCUT2D eigenvalue weighted by molar-refractivity contribution is -0.248. The van der Waals surface area contributed by atoms with Gasteiger partial charge in [-0.1, -0.05) is 23.7 Å². The second kappa shape index (κ2) is 4.57. The fraction of sp³-hybridized carbons (Fsp3) is 0.167. The van der Waals surface area contributed by atoms with Crippen molar-refractivity contribution in [3.05, 3.63) is 57.2 Å². The maximum Gasteiger partial charge on any atom is 0.425 e. The molecule has 0 aliphatic rings. The van der Waals surface area contributed by atoms with Gasteiger partial charge in [0.1, 0.15) is 0 Å². The molecule has 0 aliphatic carbocycles. The van der Waals surface area contributed by atoms with Crippen molar-refractivity contribution in [1.82, 2.24) is 0 Å². The van der Waals surface area contributed by atoms with Gasteiger partial charge in [-0.05, 0) is 34.5 Å². The number of rotatable bonds is 2. The Bertz CT molecular complexity index is 539. The Morgan fingerprint density at radius 2 is 1.83 bits per heavy atom. The van der Waals surface area contributed by atoms with Crippen molar-refractivity contribution in [1.29, 1.82) is 0 Å². The largest absolute Gasteiger partial charge is 0.425 e. The Hall–Kier alpha value is -1.04. The number of halogens is 4. The minimum atomic E-state index is -4.82. The van der Waals surface area contributed by atoms with Crippen LogP contribution in [0.3, 0.4) is 0 Å². The van der Waals surface area contributed by atoms with Crippen molar-refractivity contribution in [2.75, 3.05) is 0 Å². The van der Waals surface area contributed by atoms with Crippen molar-refractivity contribution in [2.45, 2.75) is 11.8 Å². The van der Waals surface area contributed by atoms with Crippen molar-refractivity contribution < 1.29 is 18.3 Å². The highest BCUT2D eigenvalue weighted by molar-refractivity contribution is 7.08. The summed E-state index contributed by atoms with van der Waals surface area (Å²) in [7, 11) is 0. The molecule has 1 aromatic heterocycles. The van der Waals surface area contributed by atoms with E-state index in [2.05, 4.69) is 0 Å². The van der Waals surface area contributed by atoms with Crippen molar-refractivity contribution in [2.24, 2.45) is 0 Å². The Labute approximate surface area is 110 Å². The van der Waals surface area contributed by atoms with Crippen LogP contribution in [-0.4, -0.2) is 11.3 Å². The third kappa shape index (κ3) is 2.13. The number of hydrogen-bond donors (Lipinski definition) is 1. The van der Waals surface area contributed by atoms with E-state index in [1.807, 2.05) is 0 Å². The summed E-state index contributed by atoms with van der Waals surface area (Å²) in [6, 6.07) is 6.40. The van der Waals surface area contributed by atoms with E-state index >= 15 is 0 Å². The van der Waals surface area contributed by atoms with E-state index in [0.29, 0.717) is 0 Å². The van der Waals surface area contributed by atoms with Gasteiger partial charge in [-0.2, -0.15) is 24.5 Å². The number of benzene rings is 1. The summed E-state index contributed by atoms with van der Waals surface area (Å²) in [4.78, 5) is 0. The third-order valence-electron chi connectivity index (χ3n) is 2.59. The molecule has 96 valence electrons. The summed E-state index contributed by atoms with van der Waals surface area (Å²) >= 11 is 6.77. The molecule has 0 aliphatic heterocycles. The van der Waals surface area contributed by atoms with Crippen LogP contribution in [0.5, 0.6) is 0 Å². The summed E-state index contributed by atoms with van der Waals surface area (Å²) < 4.78 is 39.6. The first-order chi connectivity index (χ1) is 8.35. The first-order valence-electron chi connectivity index (χ1n) is 4.93. The molecule has 0 amide bonds. The highest BCUT2D eigenvalue weighted by Crippen LogP contribution is 2.45.